The number of rotatable bonds is 4. The SMILES string of the molecule is CCNC1CCc2c(OC)ccc(OC)c2C1. The van der Waals surface area contributed by atoms with E-state index in [0.29, 0.717) is 6.04 Å². The van der Waals surface area contributed by atoms with E-state index >= 15 is 0 Å². The molecule has 3 nitrogen and oxygen atoms in total. The summed E-state index contributed by atoms with van der Waals surface area (Å²) in [4.78, 5) is 0. The number of nitrogens with one attached hydrogen (secondary N) is 1. The molecule has 1 aromatic carbocycles. The standard InChI is InChI=1S/C14H21NO2/c1-4-15-10-5-6-11-12(9-10)14(17-3)8-7-13(11)16-2/h7-8,10,15H,4-6,9H2,1-3H3. The largest absolute Gasteiger partial charge is 0.496 e. The molecule has 0 amide bonds. The van der Waals surface area contributed by atoms with Crippen LogP contribution < -0.4 is 14.8 Å². The normalized spacial score (nSPS) is 18.6. The Morgan fingerprint density at radius 1 is 1.18 bits per heavy atom. The maximum Gasteiger partial charge on any atom is 0.122 e. The minimum Gasteiger partial charge on any atom is -0.496 e. The molecule has 0 spiro atoms. The lowest BCUT2D eigenvalue weighted by atomic mass is 9.87. The fourth-order valence-electron chi connectivity index (χ4n) is 2.66. The molecule has 0 aliphatic heterocycles. The lowest BCUT2D eigenvalue weighted by Gasteiger charge is -2.27. The van der Waals surface area contributed by atoms with E-state index in [4.69, 9.17) is 9.47 Å². The number of fused-ring (bicyclic) bond motifs is 1. The van der Waals surface area contributed by atoms with Crippen molar-refractivity contribution < 1.29 is 9.47 Å². The summed E-state index contributed by atoms with van der Waals surface area (Å²) in [6, 6.07) is 4.57. The predicted octanol–water partition coefficient (Wildman–Crippen LogP) is 2.17. The summed E-state index contributed by atoms with van der Waals surface area (Å²) in [6.45, 7) is 3.17. The number of likely N-dealkylation sites (N-methyl/N-ethyl adjacent to an activating group) is 1. The van der Waals surface area contributed by atoms with Crippen molar-refractivity contribution in [1.82, 2.24) is 5.32 Å². The lowest BCUT2D eigenvalue weighted by Crippen LogP contribution is -2.34. The minimum atomic E-state index is 0.563. The molecule has 1 aliphatic rings. The van der Waals surface area contributed by atoms with E-state index < -0.39 is 0 Å². The topological polar surface area (TPSA) is 30.5 Å². The number of methoxy groups -OCH3 is 2. The quantitative estimate of drug-likeness (QED) is 0.867. The molecule has 1 aromatic rings. The van der Waals surface area contributed by atoms with Gasteiger partial charge in [-0.15, -0.1) is 0 Å². The van der Waals surface area contributed by atoms with Crippen LogP contribution in [0.1, 0.15) is 24.5 Å². The Kier molecular flexibility index (Phi) is 3.89. The molecule has 2 rings (SSSR count). The molecule has 1 unspecified atom stereocenters. The Balaban J connectivity index is 2.33. The maximum absolute atomic E-state index is 5.46. The maximum atomic E-state index is 5.46. The molecule has 1 N–H and O–H groups in total. The molecule has 1 aliphatic carbocycles. The van der Waals surface area contributed by atoms with Crippen molar-refractivity contribution in [1.29, 1.82) is 0 Å². The van der Waals surface area contributed by atoms with Crippen LogP contribution in [0.3, 0.4) is 0 Å². The minimum absolute atomic E-state index is 0.563. The van der Waals surface area contributed by atoms with Gasteiger partial charge in [0.25, 0.3) is 0 Å². The van der Waals surface area contributed by atoms with Gasteiger partial charge in [-0.2, -0.15) is 0 Å². The van der Waals surface area contributed by atoms with Crippen molar-refractivity contribution in [2.24, 2.45) is 0 Å². The third-order valence-corrected chi connectivity index (χ3v) is 3.47. The first kappa shape index (κ1) is 12.2. The Morgan fingerprint density at radius 2 is 1.82 bits per heavy atom. The molecule has 17 heavy (non-hydrogen) atoms. The van der Waals surface area contributed by atoms with Crippen LogP contribution in [0.2, 0.25) is 0 Å². The van der Waals surface area contributed by atoms with E-state index in [2.05, 4.69) is 12.2 Å². The summed E-state index contributed by atoms with van der Waals surface area (Å²) >= 11 is 0. The van der Waals surface area contributed by atoms with E-state index in [0.717, 1.165) is 30.9 Å². The van der Waals surface area contributed by atoms with Crippen molar-refractivity contribution in [3.05, 3.63) is 23.3 Å². The number of ether oxygens (including phenoxy) is 2. The average Bonchev–Trinajstić information content (AvgIpc) is 2.37. The summed E-state index contributed by atoms with van der Waals surface area (Å²) in [5, 5.41) is 3.52. The van der Waals surface area contributed by atoms with Crippen molar-refractivity contribution in [3.63, 3.8) is 0 Å². The monoisotopic (exact) mass is 235 g/mol. The van der Waals surface area contributed by atoms with Gasteiger partial charge in [0.1, 0.15) is 11.5 Å². The smallest absolute Gasteiger partial charge is 0.122 e. The first-order valence-corrected chi connectivity index (χ1v) is 6.26. The van der Waals surface area contributed by atoms with Crippen LogP contribution in [-0.4, -0.2) is 26.8 Å². The van der Waals surface area contributed by atoms with Crippen LogP contribution in [-0.2, 0) is 12.8 Å². The van der Waals surface area contributed by atoms with Crippen molar-refractivity contribution in [2.75, 3.05) is 20.8 Å². The average molecular weight is 235 g/mol. The molecule has 0 saturated heterocycles. The van der Waals surface area contributed by atoms with Crippen LogP contribution in [0.5, 0.6) is 11.5 Å². The summed E-state index contributed by atoms with van der Waals surface area (Å²) in [5.74, 6) is 1.99. The molecule has 0 radical (unpaired) electrons. The highest BCUT2D eigenvalue weighted by atomic mass is 16.5. The molecule has 0 heterocycles. The van der Waals surface area contributed by atoms with E-state index in [-0.39, 0.29) is 0 Å². The van der Waals surface area contributed by atoms with Crippen molar-refractivity contribution in [2.45, 2.75) is 32.2 Å². The molecule has 94 valence electrons. The molecule has 1 atom stereocenters. The van der Waals surface area contributed by atoms with E-state index in [1.54, 1.807) is 14.2 Å². The van der Waals surface area contributed by atoms with Gasteiger partial charge >= 0.3 is 0 Å². The summed E-state index contributed by atoms with van der Waals surface area (Å²) < 4.78 is 10.9. The number of benzene rings is 1. The van der Waals surface area contributed by atoms with Crippen LogP contribution in [0.4, 0.5) is 0 Å². The van der Waals surface area contributed by atoms with Gasteiger partial charge in [-0.25, -0.2) is 0 Å². The van der Waals surface area contributed by atoms with Gasteiger partial charge in [-0.05, 0) is 37.9 Å². The zero-order chi connectivity index (χ0) is 12.3. The molecule has 0 aromatic heterocycles. The first-order chi connectivity index (χ1) is 8.30. The van der Waals surface area contributed by atoms with Crippen LogP contribution >= 0.6 is 0 Å². The second-order valence-electron chi connectivity index (χ2n) is 4.42. The summed E-state index contributed by atoms with van der Waals surface area (Å²) in [5.41, 5.74) is 2.63. The number of hydrogen-bond donors (Lipinski definition) is 1. The Bertz CT molecular complexity index is 390. The van der Waals surface area contributed by atoms with Gasteiger partial charge in [-0.1, -0.05) is 6.92 Å². The summed E-state index contributed by atoms with van der Waals surface area (Å²) in [6.07, 6.45) is 3.27. The fourth-order valence-corrected chi connectivity index (χ4v) is 2.66. The Morgan fingerprint density at radius 3 is 2.41 bits per heavy atom. The van der Waals surface area contributed by atoms with Gasteiger partial charge in [0.05, 0.1) is 14.2 Å². The van der Waals surface area contributed by atoms with Gasteiger partial charge in [0.15, 0.2) is 0 Å². The highest BCUT2D eigenvalue weighted by molar-refractivity contribution is 5.50. The third kappa shape index (κ3) is 2.39. The lowest BCUT2D eigenvalue weighted by molar-refractivity contribution is 0.377. The van der Waals surface area contributed by atoms with E-state index in [1.807, 2.05) is 12.1 Å². The highest BCUT2D eigenvalue weighted by Gasteiger charge is 2.23. The Hall–Kier alpha value is -1.22. The van der Waals surface area contributed by atoms with Crippen LogP contribution in [0, 0.1) is 0 Å². The molecule has 0 fully saturated rings. The highest BCUT2D eigenvalue weighted by Crippen LogP contribution is 2.35. The zero-order valence-corrected chi connectivity index (χ0v) is 10.9. The first-order valence-electron chi connectivity index (χ1n) is 6.26. The summed E-state index contributed by atoms with van der Waals surface area (Å²) in [7, 11) is 3.47. The molecular weight excluding hydrogens is 214 g/mol. The van der Waals surface area contributed by atoms with E-state index in [1.165, 1.54) is 17.5 Å². The zero-order valence-electron chi connectivity index (χ0n) is 10.9. The van der Waals surface area contributed by atoms with Gasteiger partial charge in [-0.3, -0.25) is 0 Å². The fraction of sp³-hybridized carbons (Fsp3) is 0.571. The third-order valence-electron chi connectivity index (χ3n) is 3.47. The molecular formula is C14H21NO2. The second-order valence-corrected chi connectivity index (χ2v) is 4.42. The van der Waals surface area contributed by atoms with Crippen molar-refractivity contribution >= 4 is 0 Å². The number of hydrogen-bond acceptors (Lipinski definition) is 3. The second kappa shape index (κ2) is 5.41. The molecule has 0 saturated carbocycles. The Labute approximate surface area is 103 Å². The van der Waals surface area contributed by atoms with Gasteiger partial charge in [0.2, 0.25) is 0 Å². The molecule has 3 heteroatoms. The van der Waals surface area contributed by atoms with Crippen LogP contribution in [0.15, 0.2) is 12.1 Å². The predicted molar refractivity (Wildman–Crippen MR) is 69.0 cm³/mol. The van der Waals surface area contributed by atoms with Crippen molar-refractivity contribution in [3.8, 4) is 11.5 Å². The molecule has 0 bridgehead atoms. The van der Waals surface area contributed by atoms with Crippen LogP contribution in [0.25, 0.3) is 0 Å². The van der Waals surface area contributed by atoms with Gasteiger partial charge in [0, 0.05) is 17.2 Å². The van der Waals surface area contributed by atoms with E-state index in [9.17, 15) is 0 Å². The van der Waals surface area contributed by atoms with Gasteiger partial charge < -0.3 is 14.8 Å².